The van der Waals surface area contributed by atoms with Crippen molar-refractivity contribution in [2.45, 2.75) is 49.0 Å². The van der Waals surface area contributed by atoms with Crippen molar-refractivity contribution in [2.24, 2.45) is 11.8 Å². The SMILES string of the molecule is COc1cc([C@@H]2c3cc4c(cc3[C@@H](O[C@H]3O[C@H]5CO[C@@H](c6cccs6)O[C@@H]5[C@@H](O)[C@H]3O)[C@H]3COC(=O)[C@H]23)OCO4)cc(OC)c1O. The van der Waals surface area contributed by atoms with Crippen LogP contribution in [0.2, 0.25) is 0 Å². The average Bonchev–Trinajstić information content (AvgIpc) is 3.85. The van der Waals surface area contributed by atoms with E-state index in [0.29, 0.717) is 28.2 Å². The van der Waals surface area contributed by atoms with E-state index in [0.717, 1.165) is 4.88 Å². The molecule has 8 rings (SSSR count). The third-order valence-electron chi connectivity index (χ3n) is 9.37. The Morgan fingerprint density at radius 1 is 0.913 bits per heavy atom. The number of phenolic OH excluding ortho intramolecular Hbond substituents is 1. The van der Waals surface area contributed by atoms with Crippen LogP contribution in [0.4, 0.5) is 0 Å². The van der Waals surface area contributed by atoms with Gasteiger partial charge in [-0.25, -0.2) is 0 Å². The molecule has 3 fully saturated rings. The maximum atomic E-state index is 13.5. The maximum absolute atomic E-state index is 13.5. The van der Waals surface area contributed by atoms with Gasteiger partial charge in [-0.1, -0.05) is 6.07 Å². The van der Waals surface area contributed by atoms with Gasteiger partial charge in [-0.2, -0.15) is 0 Å². The third kappa shape index (κ3) is 4.70. The number of aliphatic hydroxyl groups is 2. The molecule has 10 atom stereocenters. The molecule has 1 aromatic heterocycles. The topological polar surface area (TPSA) is 161 Å². The first-order chi connectivity index (χ1) is 22.4. The fraction of sp³-hybridized carbons (Fsp3) is 0.469. The number of hydrogen-bond donors (Lipinski definition) is 3. The largest absolute Gasteiger partial charge is 0.502 e. The number of hydrogen-bond acceptors (Lipinski definition) is 14. The third-order valence-corrected chi connectivity index (χ3v) is 10.3. The molecular formula is C32H32O13S. The second kappa shape index (κ2) is 11.6. The molecule has 0 unspecified atom stereocenters. The van der Waals surface area contributed by atoms with Crippen molar-refractivity contribution in [2.75, 3.05) is 34.2 Å². The summed E-state index contributed by atoms with van der Waals surface area (Å²) in [6, 6.07) is 10.7. The molecule has 2 aromatic carbocycles. The summed E-state index contributed by atoms with van der Waals surface area (Å²) in [4.78, 5) is 14.3. The lowest BCUT2D eigenvalue weighted by atomic mass is 9.66. The molecule has 1 aliphatic carbocycles. The van der Waals surface area contributed by atoms with Gasteiger partial charge in [0.25, 0.3) is 0 Å². The van der Waals surface area contributed by atoms with Crippen molar-refractivity contribution in [3.63, 3.8) is 0 Å². The van der Waals surface area contributed by atoms with Gasteiger partial charge in [0.05, 0.1) is 44.3 Å². The molecule has 0 saturated carbocycles. The number of fused-ring (bicyclic) bond motifs is 4. The Balaban J connectivity index is 1.16. The maximum Gasteiger partial charge on any atom is 0.310 e. The summed E-state index contributed by atoms with van der Waals surface area (Å²) in [5, 5.41) is 35.0. The van der Waals surface area contributed by atoms with Crippen molar-refractivity contribution < 1.29 is 62.7 Å². The lowest BCUT2D eigenvalue weighted by Crippen LogP contribution is -2.62. The summed E-state index contributed by atoms with van der Waals surface area (Å²) < 4.78 is 52.6. The number of aromatic hydroxyl groups is 1. The Labute approximate surface area is 267 Å². The van der Waals surface area contributed by atoms with Crippen molar-refractivity contribution in [3.05, 3.63) is 63.3 Å². The Bertz CT molecular complexity index is 1600. The van der Waals surface area contributed by atoms with E-state index >= 15 is 0 Å². The molecule has 0 spiro atoms. The van der Waals surface area contributed by atoms with Crippen LogP contribution >= 0.6 is 11.3 Å². The van der Waals surface area contributed by atoms with Crippen molar-refractivity contribution in [1.82, 2.24) is 0 Å². The second-order valence-electron chi connectivity index (χ2n) is 11.8. The molecule has 0 radical (unpaired) electrons. The number of thiophene rings is 1. The number of methoxy groups -OCH3 is 2. The molecule has 46 heavy (non-hydrogen) atoms. The number of phenols is 1. The quantitative estimate of drug-likeness (QED) is 0.333. The van der Waals surface area contributed by atoms with E-state index in [1.54, 1.807) is 18.2 Å². The van der Waals surface area contributed by atoms with Gasteiger partial charge < -0.3 is 58.0 Å². The zero-order valence-corrected chi connectivity index (χ0v) is 25.6. The van der Waals surface area contributed by atoms with Crippen LogP contribution in [0, 0.1) is 11.8 Å². The van der Waals surface area contributed by atoms with Gasteiger partial charge >= 0.3 is 5.97 Å². The fourth-order valence-corrected chi connectivity index (χ4v) is 7.89. The smallest absolute Gasteiger partial charge is 0.310 e. The molecule has 14 heteroatoms. The second-order valence-corrected chi connectivity index (χ2v) is 12.7. The lowest BCUT2D eigenvalue weighted by molar-refractivity contribution is -0.368. The standard InChI is InChI=1S/C32H32O13S/c1-37-19-6-13(7-20(38-2)25(19)33)23-14-8-17-18(42-12-41-17)9-15(14)28(16-10-39-30(36)24(16)23)44-32-27(35)26(34)29-21(43-32)11-40-31(45-29)22-4-3-5-46-22/h3-9,16,21,23-24,26-29,31-35H,10-12H2,1-2H3/t16-,21-,23+,24-,26-,27+,28+,29-,31+,32+/m0/s1. The predicted octanol–water partition coefficient (Wildman–Crippen LogP) is 2.75. The van der Waals surface area contributed by atoms with E-state index in [1.807, 2.05) is 23.6 Å². The van der Waals surface area contributed by atoms with Gasteiger partial charge in [-0.3, -0.25) is 4.79 Å². The monoisotopic (exact) mass is 656 g/mol. The minimum absolute atomic E-state index is 0.0242. The van der Waals surface area contributed by atoms with Crippen LogP contribution in [-0.2, 0) is 28.5 Å². The molecule has 13 nitrogen and oxygen atoms in total. The highest BCUT2D eigenvalue weighted by Gasteiger charge is 2.56. The predicted molar refractivity (Wildman–Crippen MR) is 156 cm³/mol. The normalized spacial score (nSPS) is 34.3. The fourth-order valence-electron chi connectivity index (χ4n) is 7.18. The van der Waals surface area contributed by atoms with Crippen molar-refractivity contribution in [1.29, 1.82) is 0 Å². The van der Waals surface area contributed by atoms with Crippen molar-refractivity contribution in [3.8, 4) is 28.7 Å². The Kier molecular flexibility index (Phi) is 7.48. The first-order valence-electron chi connectivity index (χ1n) is 14.9. The molecule has 5 aliphatic rings. The van der Waals surface area contributed by atoms with E-state index in [-0.39, 0.29) is 37.3 Å². The van der Waals surface area contributed by atoms with Gasteiger partial charge in [-0.05, 0) is 52.4 Å². The van der Waals surface area contributed by atoms with Crippen LogP contribution in [0.15, 0.2) is 41.8 Å². The highest BCUT2D eigenvalue weighted by atomic mass is 32.1. The first-order valence-corrected chi connectivity index (χ1v) is 15.8. The van der Waals surface area contributed by atoms with Gasteiger partial charge in [0.15, 0.2) is 35.6 Å². The Hall–Kier alpha value is -3.63. The molecule has 0 bridgehead atoms. The Morgan fingerprint density at radius 2 is 1.65 bits per heavy atom. The van der Waals surface area contributed by atoms with E-state index in [9.17, 15) is 20.1 Å². The molecule has 5 heterocycles. The van der Waals surface area contributed by atoms with E-state index in [1.165, 1.54) is 25.6 Å². The number of cyclic esters (lactones) is 1. The summed E-state index contributed by atoms with van der Waals surface area (Å²) in [5.74, 6) is -1.08. The highest BCUT2D eigenvalue weighted by molar-refractivity contribution is 7.10. The van der Waals surface area contributed by atoms with E-state index in [2.05, 4.69) is 0 Å². The number of carbonyl (C=O) groups excluding carboxylic acids is 1. The molecule has 4 aliphatic heterocycles. The van der Waals surface area contributed by atoms with E-state index in [4.69, 9.17) is 42.6 Å². The van der Waals surface area contributed by atoms with Crippen LogP contribution in [0.1, 0.15) is 39.9 Å². The summed E-state index contributed by atoms with van der Waals surface area (Å²) in [6.07, 6.45) is -7.16. The number of ether oxygens (including phenoxy) is 9. The average molecular weight is 657 g/mol. The molecular weight excluding hydrogens is 624 g/mol. The molecule has 3 N–H and O–H groups in total. The van der Waals surface area contributed by atoms with Gasteiger partial charge in [0.1, 0.15) is 24.4 Å². The number of rotatable bonds is 6. The Morgan fingerprint density at radius 3 is 2.35 bits per heavy atom. The number of esters is 1. The van der Waals surface area contributed by atoms with Gasteiger partial charge in [0, 0.05) is 11.8 Å². The molecule has 3 saturated heterocycles. The van der Waals surface area contributed by atoms with Crippen LogP contribution < -0.4 is 18.9 Å². The van der Waals surface area contributed by atoms with Gasteiger partial charge in [-0.15, -0.1) is 11.3 Å². The van der Waals surface area contributed by atoms with Gasteiger partial charge in [0.2, 0.25) is 12.5 Å². The summed E-state index contributed by atoms with van der Waals surface area (Å²) in [7, 11) is 2.86. The minimum Gasteiger partial charge on any atom is -0.502 e. The zero-order valence-electron chi connectivity index (χ0n) is 24.8. The molecule has 0 amide bonds. The summed E-state index contributed by atoms with van der Waals surface area (Å²) in [6.45, 7) is 0.171. The number of aliphatic hydroxyl groups excluding tert-OH is 2. The van der Waals surface area contributed by atoms with E-state index < -0.39 is 66.8 Å². The number of benzene rings is 2. The minimum atomic E-state index is -1.47. The molecule has 244 valence electrons. The van der Waals surface area contributed by atoms with Crippen molar-refractivity contribution >= 4 is 17.3 Å². The van der Waals surface area contributed by atoms with Crippen LogP contribution in [-0.4, -0.2) is 86.2 Å². The van der Waals surface area contributed by atoms with Crippen LogP contribution in [0.5, 0.6) is 28.7 Å². The molecule has 3 aromatic rings. The lowest BCUT2D eigenvalue weighted by Gasteiger charge is -2.48. The summed E-state index contributed by atoms with van der Waals surface area (Å²) in [5.41, 5.74) is 2.00. The zero-order chi connectivity index (χ0) is 31.7. The van der Waals surface area contributed by atoms with Crippen LogP contribution in [0.3, 0.4) is 0 Å². The highest BCUT2D eigenvalue weighted by Crippen LogP contribution is 2.57. The first kappa shape index (κ1) is 29.8. The van der Waals surface area contributed by atoms with Crippen LogP contribution in [0.25, 0.3) is 0 Å². The number of carbonyl (C=O) groups is 1. The summed E-state index contributed by atoms with van der Waals surface area (Å²) >= 11 is 1.46.